The summed E-state index contributed by atoms with van der Waals surface area (Å²) in [5.74, 6) is 0.620. The van der Waals surface area contributed by atoms with Crippen molar-refractivity contribution < 1.29 is 9.18 Å². The van der Waals surface area contributed by atoms with E-state index in [1.54, 1.807) is 12.1 Å². The van der Waals surface area contributed by atoms with Crippen molar-refractivity contribution in [2.24, 2.45) is 5.92 Å². The van der Waals surface area contributed by atoms with Crippen molar-refractivity contribution in [3.05, 3.63) is 35.6 Å². The molecule has 0 bridgehead atoms. The smallest absolute Gasteiger partial charge is 0.241 e. The number of nitrogens with one attached hydrogen (secondary N) is 1. The average molecular weight is 276 g/mol. The lowest BCUT2D eigenvalue weighted by Gasteiger charge is -2.24. The Hall–Kier alpha value is -1.42. The quantitative estimate of drug-likeness (QED) is 0.897. The molecule has 20 heavy (non-hydrogen) atoms. The van der Waals surface area contributed by atoms with Crippen LogP contribution in [0.15, 0.2) is 24.3 Å². The van der Waals surface area contributed by atoms with Gasteiger partial charge in [-0.1, -0.05) is 25.5 Å². The van der Waals surface area contributed by atoms with Crippen LogP contribution in [0, 0.1) is 11.7 Å². The van der Waals surface area contributed by atoms with E-state index in [9.17, 15) is 9.18 Å². The van der Waals surface area contributed by atoms with Crippen LogP contribution in [0.25, 0.3) is 0 Å². The van der Waals surface area contributed by atoms with Gasteiger partial charge in [0.1, 0.15) is 12.0 Å². The largest absolute Gasteiger partial charge is 0.321 e. The molecule has 2 fully saturated rings. The van der Waals surface area contributed by atoms with Crippen LogP contribution in [0.1, 0.15) is 44.3 Å². The van der Waals surface area contributed by atoms with E-state index in [1.165, 1.54) is 25.0 Å². The molecular weight excluding hydrogens is 255 g/mol. The zero-order valence-electron chi connectivity index (χ0n) is 11.8. The molecule has 1 aliphatic carbocycles. The minimum Gasteiger partial charge on any atom is -0.321 e. The molecule has 1 saturated carbocycles. The lowest BCUT2D eigenvalue weighted by molar-refractivity contribution is -0.130. The number of hydrogen-bond acceptors (Lipinski definition) is 2. The number of carbonyl (C=O) groups is 1. The Morgan fingerprint density at radius 1 is 1.30 bits per heavy atom. The molecule has 2 unspecified atom stereocenters. The van der Waals surface area contributed by atoms with Crippen LogP contribution >= 0.6 is 0 Å². The minimum absolute atomic E-state index is 0.0891. The average Bonchev–Trinajstić information content (AvgIpc) is 3.21. The Balaban J connectivity index is 1.81. The van der Waals surface area contributed by atoms with Crippen LogP contribution in [-0.2, 0) is 4.79 Å². The monoisotopic (exact) mass is 276 g/mol. The number of benzene rings is 1. The highest BCUT2D eigenvalue weighted by molar-refractivity contribution is 5.84. The van der Waals surface area contributed by atoms with E-state index >= 15 is 0 Å². The van der Waals surface area contributed by atoms with E-state index in [2.05, 4.69) is 12.2 Å². The molecule has 1 heterocycles. The maximum atomic E-state index is 13.1. The van der Waals surface area contributed by atoms with Crippen molar-refractivity contribution in [1.29, 1.82) is 0 Å². The van der Waals surface area contributed by atoms with E-state index in [0.717, 1.165) is 24.9 Å². The first-order valence-electron chi connectivity index (χ1n) is 7.51. The van der Waals surface area contributed by atoms with Gasteiger partial charge < -0.3 is 4.90 Å². The van der Waals surface area contributed by atoms with Gasteiger partial charge >= 0.3 is 0 Å². The summed E-state index contributed by atoms with van der Waals surface area (Å²) in [6, 6.07) is 6.38. The fourth-order valence-corrected chi connectivity index (χ4v) is 2.87. The fraction of sp³-hybridized carbons (Fsp3) is 0.562. The Morgan fingerprint density at radius 3 is 2.60 bits per heavy atom. The number of amides is 1. The zero-order valence-corrected chi connectivity index (χ0v) is 11.8. The van der Waals surface area contributed by atoms with Crippen LogP contribution < -0.4 is 5.32 Å². The summed E-state index contributed by atoms with van der Waals surface area (Å²) in [6.45, 7) is 2.92. The molecule has 1 aromatic rings. The lowest BCUT2D eigenvalue weighted by atomic mass is 10.1. The second-order valence-corrected chi connectivity index (χ2v) is 5.90. The molecule has 2 atom stereocenters. The third-order valence-corrected chi connectivity index (χ3v) is 4.17. The zero-order chi connectivity index (χ0) is 14.1. The molecule has 108 valence electrons. The molecule has 0 radical (unpaired) electrons. The van der Waals surface area contributed by atoms with Gasteiger partial charge in [-0.25, -0.2) is 4.39 Å². The van der Waals surface area contributed by atoms with Crippen LogP contribution in [0.5, 0.6) is 0 Å². The summed E-state index contributed by atoms with van der Waals surface area (Å²) >= 11 is 0. The molecule has 0 spiro atoms. The lowest BCUT2D eigenvalue weighted by Crippen LogP contribution is -2.32. The number of carbonyl (C=O) groups excluding carboxylic acids is 1. The van der Waals surface area contributed by atoms with Gasteiger partial charge in [0.05, 0.1) is 6.04 Å². The predicted molar refractivity (Wildman–Crippen MR) is 75.4 cm³/mol. The second kappa shape index (κ2) is 5.52. The molecule has 1 aromatic carbocycles. The van der Waals surface area contributed by atoms with E-state index in [-0.39, 0.29) is 23.9 Å². The highest BCUT2D eigenvalue weighted by Crippen LogP contribution is 2.35. The fourth-order valence-electron chi connectivity index (χ4n) is 2.87. The predicted octanol–water partition coefficient (Wildman–Crippen LogP) is 2.83. The Bertz CT molecular complexity index is 484. The molecule has 2 aliphatic rings. The summed E-state index contributed by atoms with van der Waals surface area (Å²) in [7, 11) is 0. The van der Waals surface area contributed by atoms with Crippen LogP contribution in [0.4, 0.5) is 4.39 Å². The number of halogens is 1. The van der Waals surface area contributed by atoms with Crippen LogP contribution in [-0.4, -0.2) is 23.4 Å². The molecule has 0 aromatic heterocycles. The molecule has 3 nitrogen and oxygen atoms in total. The Kier molecular flexibility index (Phi) is 3.74. The van der Waals surface area contributed by atoms with Crippen molar-refractivity contribution >= 4 is 5.91 Å². The van der Waals surface area contributed by atoms with Gasteiger partial charge in [-0.05, 0) is 42.9 Å². The summed E-state index contributed by atoms with van der Waals surface area (Å²) in [6.07, 6.45) is 4.19. The summed E-state index contributed by atoms with van der Waals surface area (Å²) < 4.78 is 13.1. The van der Waals surface area contributed by atoms with Crippen LogP contribution in [0.2, 0.25) is 0 Å². The molecule has 4 heteroatoms. The van der Waals surface area contributed by atoms with Crippen molar-refractivity contribution in [2.45, 2.75) is 44.8 Å². The topological polar surface area (TPSA) is 32.3 Å². The minimum atomic E-state index is -0.239. The molecule has 1 aliphatic heterocycles. The van der Waals surface area contributed by atoms with E-state index in [0.29, 0.717) is 5.92 Å². The number of nitrogens with zero attached hydrogens (tertiary/aromatic N) is 1. The van der Waals surface area contributed by atoms with Gasteiger partial charge in [-0.2, -0.15) is 0 Å². The number of rotatable bonds is 5. The SMILES string of the molecule is CCCC1NC(c2ccc(F)cc2)N(CC2CC2)C1=O. The number of hydrogen-bond donors (Lipinski definition) is 1. The van der Waals surface area contributed by atoms with Crippen molar-refractivity contribution in [1.82, 2.24) is 10.2 Å². The molecule has 1 N–H and O–H groups in total. The van der Waals surface area contributed by atoms with Gasteiger partial charge in [-0.3, -0.25) is 10.1 Å². The highest BCUT2D eigenvalue weighted by atomic mass is 19.1. The van der Waals surface area contributed by atoms with Crippen molar-refractivity contribution in [3.63, 3.8) is 0 Å². The molecule has 3 rings (SSSR count). The van der Waals surface area contributed by atoms with E-state index < -0.39 is 0 Å². The maximum absolute atomic E-state index is 13.1. The van der Waals surface area contributed by atoms with Gasteiger partial charge in [0.2, 0.25) is 5.91 Å². The first-order chi connectivity index (χ1) is 9.69. The second-order valence-electron chi connectivity index (χ2n) is 5.90. The highest BCUT2D eigenvalue weighted by Gasteiger charge is 2.41. The van der Waals surface area contributed by atoms with Gasteiger partial charge in [0.25, 0.3) is 0 Å². The van der Waals surface area contributed by atoms with E-state index in [1.807, 2.05) is 4.90 Å². The normalized spacial score (nSPS) is 26.3. The Morgan fingerprint density at radius 2 is 2.00 bits per heavy atom. The summed E-state index contributed by atoms with van der Waals surface area (Å²) in [5, 5.41) is 3.41. The maximum Gasteiger partial charge on any atom is 0.241 e. The molecule has 1 saturated heterocycles. The van der Waals surface area contributed by atoms with Crippen LogP contribution in [0.3, 0.4) is 0 Å². The first-order valence-corrected chi connectivity index (χ1v) is 7.51. The van der Waals surface area contributed by atoms with E-state index in [4.69, 9.17) is 0 Å². The third kappa shape index (κ3) is 2.70. The van der Waals surface area contributed by atoms with Crippen molar-refractivity contribution in [2.75, 3.05) is 6.54 Å². The standard InChI is InChI=1S/C16H21FN2O/c1-2-3-14-16(20)19(10-11-4-5-11)15(18-14)12-6-8-13(17)9-7-12/h6-9,11,14-15,18H,2-5,10H2,1H3. The molecule has 1 amide bonds. The van der Waals surface area contributed by atoms with Gasteiger partial charge in [-0.15, -0.1) is 0 Å². The van der Waals surface area contributed by atoms with Gasteiger partial charge in [0, 0.05) is 6.54 Å². The first kappa shape index (κ1) is 13.6. The third-order valence-electron chi connectivity index (χ3n) is 4.17. The summed E-state index contributed by atoms with van der Waals surface area (Å²) in [4.78, 5) is 14.4. The summed E-state index contributed by atoms with van der Waals surface area (Å²) in [5.41, 5.74) is 0.971. The Labute approximate surface area is 119 Å². The molecular formula is C16H21FN2O. The van der Waals surface area contributed by atoms with Crippen molar-refractivity contribution in [3.8, 4) is 0 Å². The van der Waals surface area contributed by atoms with Gasteiger partial charge in [0.15, 0.2) is 0 Å².